The van der Waals surface area contributed by atoms with E-state index in [0.717, 1.165) is 32.1 Å². The Morgan fingerprint density at radius 1 is 1.32 bits per heavy atom. The maximum absolute atomic E-state index is 12.7. The van der Waals surface area contributed by atoms with E-state index >= 15 is 0 Å². The number of esters is 1. The van der Waals surface area contributed by atoms with Crippen molar-refractivity contribution >= 4 is 17.6 Å². The van der Waals surface area contributed by atoms with Crippen LogP contribution in [0.15, 0.2) is 24.3 Å². The Hall–Kier alpha value is -2.08. The smallest absolute Gasteiger partial charge is 0.337 e. The van der Waals surface area contributed by atoms with Crippen LogP contribution in [-0.4, -0.2) is 41.8 Å². The van der Waals surface area contributed by atoms with Crippen molar-refractivity contribution < 1.29 is 19.4 Å². The fraction of sp³-hybridized carbons (Fsp3) is 0.636. The van der Waals surface area contributed by atoms with E-state index in [9.17, 15) is 14.7 Å². The van der Waals surface area contributed by atoms with Crippen LogP contribution in [0.3, 0.4) is 0 Å². The van der Waals surface area contributed by atoms with E-state index in [1.165, 1.54) is 13.5 Å². The quantitative estimate of drug-likeness (QED) is 0.625. The van der Waals surface area contributed by atoms with Gasteiger partial charge < -0.3 is 20.5 Å². The molecule has 3 N–H and O–H groups in total. The van der Waals surface area contributed by atoms with E-state index < -0.39 is 17.1 Å². The molecule has 0 heterocycles. The first-order chi connectivity index (χ1) is 13.2. The number of anilines is 1. The number of amides is 1. The van der Waals surface area contributed by atoms with Gasteiger partial charge in [0.2, 0.25) is 5.91 Å². The maximum Gasteiger partial charge on any atom is 0.337 e. The van der Waals surface area contributed by atoms with Crippen LogP contribution in [0.1, 0.15) is 62.7 Å². The Balaban J connectivity index is 1.50. The molecule has 2 fully saturated rings. The molecule has 2 saturated carbocycles. The van der Waals surface area contributed by atoms with Gasteiger partial charge in [-0.1, -0.05) is 6.07 Å². The van der Waals surface area contributed by atoms with Crippen molar-refractivity contribution in [3.05, 3.63) is 29.8 Å². The zero-order chi connectivity index (χ0) is 20.4. The summed E-state index contributed by atoms with van der Waals surface area (Å²) in [5.41, 5.74) is -0.149. The van der Waals surface area contributed by atoms with Crippen LogP contribution in [0.5, 0.6) is 0 Å². The zero-order valence-corrected chi connectivity index (χ0v) is 17.1. The van der Waals surface area contributed by atoms with Crippen molar-refractivity contribution in [2.24, 2.45) is 11.8 Å². The molecule has 2 aliphatic carbocycles. The van der Waals surface area contributed by atoms with Crippen molar-refractivity contribution in [3.8, 4) is 0 Å². The summed E-state index contributed by atoms with van der Waals surface area (Å²) in [4.78, 5) is 24.4. The highest BCUT2D eigenvalue weighted by Gasteiger charge is 2.43. The van der Waals surface area contributed by atoms with E-state index in [1.54, 1.807) is 18.2 Å². The molecular weight excluding hydrogens is 356 g/mol. The SMILES string of the molecule is COC(=O)c1cccc(NC(C)(C)C(=O)NCCC2C[C@@H]3CC[C@@](O)(C2)C3)c1. The number of carbonyl (C=O) groups is 2. The fourth-order valence-electron chi connectivity index (χ4n) is 4.78. The monoisotopic (exact) mass is 388 g/mol. The van der Waals surface area contributed by atoms with E-state index in [2.05, 4.69) is 10.6 Å². The highest BCUT2D eigenvalue weighted by molar-refractivity contribution is 5.92. The lowest BCUT2D eigenvalue weighted by Gasteiger charge is -2.34. The standard InChI is InChI=1S/C22H32N2O4/c1-21(2,24-18-6-4-5-17(12-18)19(25)28-3)20(26)23-10-8-16-11-15-7-9-22(27,13-15)14-16/h4-6,12,15-16,24,27H,7-11,13-14H2,1-3H3,(H,23,26)/t15-,16?,22-/m0/s1. The minimum Gasteiger partial charge on any atom is -0.465 e. The molecule has 1 unspecified atom stereocenters. The minimum atomic E-state index is -0.821. The van der Waals surface area contributed by atoms with Crippen molar-refractivity contribution in [3.63, 3.8) is 0 Å². The largest absolute Gasteiger partial charge is 0.465 e. The third kappa shape index (κ3) is 4.85. The maximum atomic E-state index is 12.7. The van der Waals surface area contributed by atoms with Crippen molar-refractivity contribution in [2.45, 2.75) is 63.5 Å². The average Bonchev–Trinajstić information content (AvgIpc) is 2.93. The Morgan fingerprint density at radius 2 is 2.11 bits per heavy atom. The van der Waals surface area contributed by atoms with Gasteiger partial charge in [-0.15, -0.1) is 0 Å². The highest BCUT2D eigenvalue weighted by atomic mass is 16.5. The molecule has 6 heteroatoms. The van der Waals surface area contributed by atoms with Crippen molar-refractivity contribution in [2.75, 3.05) is 19.0 Å². The van der Waals surface area contributed by atoms with Gasteiger partial charge in [0.25, 0.3) is 0 Å². The third-order valence-electron chi connectivity index (χ3n) is 6.17. The van der Waals surface area contributed by atoms with Gasteiger partial charge >= 0.3 is 5.97 Å². The number of rotatable bonds is 7. The number of hydrogen-bond acceptors (Lipinski definition) is 5. The van der Waals surface area contributed by atoms with Crippen LogP contribution in [0.2, 0.25) is 0 Å². The first kappa shape index (κ1) is 20.6. The van der Waals surface area contributed by atoms with Gasteiger partial charge in [0.05, 0.1) is 18.3 Å². The predicted octanol–water partition coefficient (Wildman–Crippen LogP) is 3.11. The van der Waals surface area contributed by atoms with Gasteiger partial charge in [-0.25, -0.2) is 4.79 Å². The molecule has 0 saturated heterocycles. The van der Waals surface area contributed by atoms with Crippen molar-refractivity contribution in [1.29, 1.82) is 0 Å². The first-order valence-electron chi connectivity index (χ1n) is 10.2. The second-order valence-electron chi connectivity index (χ2n) is 9.01. The molecule has 6 nitrogen and oxygen atoms in total. The highest BCUT2D eigenvalue weighted by Crippen LogP contribution is 2.48. The second-order valence-corrected chi connectivity index (χ2v) is 9.01. The number of ether oxygens (including phenoxy) is 1. The number of benzene rings is 1. The summed E-state index contributed by atoms with van der Waals surface area (Å²) in [6.45, 7) is 4.24. The Kier molecular flexibility index (Phi) is 5.98. The van der Waals surface area contributed by atoms with E-state index in [-0.39, 0.29) is 5.91 Å². The predicted molar refractivity (Wildman–Crippen MR) is 108 cm³/mol. The fourth-order valence-corrected chi connectivity index (χ4v) is 4.78. The Labute approximate surface area is 167 Å². The van der Waals surface area contributed by atoms with Crippen molar-refractivity contribution in [1.82, 2.24) is 5.32 Å². The number of aliphatic hydroxyl groups is 1. The topological polar surface area (TPSA) is 87.7 Å². The lowest BCUT2D eigenvalue weighted by atomic mass is 9.77. The molecular formula is C22H32N2O4. The summed E-state index contributed by atoms with van der Waals surface area (Å²) in [7, 11) is 1.34. The summed E-state index contributed by atoms with van der Waals surface area (Å²) < 4.78 is 4.74. The van der Waals surface area contributed by atoms with Crippen LogP contribution in [0.25, 0.3) is 0 Å². The van der Waals surface area contributed by atoms with Gasteiger partial charge in [0, 0.05) is 12.2 Å². The summed E-state index contributed by atoms with van der Waals surface area (Å²) in [6, 6.07) is 6.93. The van der Waals surface area contributed by atoms with Crippen LogP contribution < -0.4 is 10.6 Å². The summed E-state index contributed by atoms with van der Waals surface area (Å²) in [5.74, 6) is 0.640. The first-order valence-corrected chi connectivity index (χ1v) is 10.2. The van der Waals surface area contributed by atoms with Crippen LogP contribution in [0.4, 0.5) is 5.69 Å². The van der Waals surface area contributed by atoms with E-state index in [1.807, 2.05) is 19.9 Å². The Bertz CT molecular complexity index is 733. The minimum absolute atomic E-state index is 0.0894. The van der Waals surface area contributed by atoms with Gasteiger partial charge in [0.1, 0.15) is 5.54 Å². The number of nitrogens with one attached hydrogen (secondary N) is 2. The second kappa shape index (κ2) is 8.11. The molecule has 1 aromatic carbocycles. The van der Waals surface area contributed by atoms with Crippen LogP contribution >= 0.6 is 0 Å². The molecule has 154 valence electrons. The number of fused-ring (bicyclic) bond motifs is 2. The van der Waals surface area contributed by atoms with Gasteiger partial charge in [-0.2, -0.15) is 0 Å². The lowest BCUT2D eigenvalue weighted by Crippen LogP contribution is -2.48. The number of hydrogen-bond donors (Lipinski definition) is 3. The summed E-state index contributed by atoms with van der Waals surface area (Å²) in [6.07, 6.45) is 5.96. The molecule has 3 rings (SSSR count). The molecule has 1 aromatic rings. The Morgan fingerprint density at radius 3 is 2.82 bits per heavy atom. The third-order valence-corrected chi connectivity index (χ3v) is 6.17. The summed E-state index contributed by atoms with van der Waals surface area (Å²) >= 11 is 0. The van der Waals surface area contributed by atoms with Crippen LogP contribution in [0, 0.1) is 11.8 Å². The number of carbonyl (C=O) groups excluding carboxylic acids is 2. The molecule has 3 atom stereocenters. The lowest BCUT2D eigenvalue weighted by molar-refractivity contribution is -0.124. The summed E-state index contributed by atoms with van der Waals surface area (Å²) in [5, 5.41) is 16.8. The number of methoxy groups -OCH3 is 1. The normalized spacial score (nSPS) is 26.6. The molecule has 2 aliphatic rings. The average molecular weight is 389 g/mol. The van der Waals surface area contributed by atoms with E-state index in [4.69, 9.17) is 4.74 Å². The molecule has 0 radical (unpaired) electrons. The van der Waals surface area contributed by atoms with Gasteiger partial charge in [-0.05, 0) is 82.4 Å². The molecule has 0 aromatic heterocycles. The molecule has 28 heavy (non-hydrogen) atoms. The van der Waals surface area contributed by atoms with E-state index in [0.29, 0.717) is 29.6 Å². The molecule has 1 amide bonds. The molecule has 0 spiro atoms. The van der Waals surface area contributed by atoms with Gasteiger partial charge in [-0.3, -0.25) is 4.79 Å². The molecule has 2 bridgehead atoms. The zero-order valence-electron chi connectivity index (χ0n) is 17.1. The van der Waals surface area contributed by atoms with Gasteiger partial charge in [0.15, 0.2) is 0 Å². The van der Waals surface area contributed by atoms with Crippen LogP contribution in [-0.2, 0) is 9.53 Å². The molecule has 0 aliphatic heterocycles.